The van der Waals surface area contributed by atoms with Crippen LogP contribution in [0.4, 0.5) is 0 Å². The second-order valence-corrected chi connectivity index (χ2v) is 4.50. The van der Waals surface area contributed by atoms with Crippen molar-refractivity contribution in [2.75, 3.05) is 13.2 Å². The predicted molar refractivity (Wildman–Crippen MR) is 70.1 cm³/mol. The molecule has 0 heterocycles. The SMILES string of the molecule is CC(C)C(CO)NCc1ccc(OCC#N)cc1. The third kappa shape index (κ3) is 4.74. The fourth-order valence-electron chi connectivity index (χ4n) is 1.58. The number of aliphatic hydroxyl groups excluding tert-OH is 1. The Morgan fingerprint density at radius 1 is 1.33 bits per heavy atom. The summed E-state index contributed by atoms with van der Waals surface area (Å²) in [5, 5.41) is 20.9. The topological polar surface area (TPSA) is 65.3 Å². The summed E-state index contributed by atoms with van der Waals surface area (Å²) in [7, 11) is 0. The maximum atomic E-state index is 9.20. The van der Waals surface area contributed by atoms with Gasteiger partial charge in [0.15, 0.2) is 6.61 Å². The van der Waals surface area contributed by atoms with E-state index in [0.29, 0.717) is 18.2 Å². The van der Waals surface area contributed by atoms with Gasteiger partial charge in [-0.05, 0) is 23.6 Å². The van der Waals surface area contributed by atoms with Crippen LogP contribution in [0.2, 0.25) is 0 Å². The van der Waals surface area contributed by atoms with E-state index in [9.17, 15) is 5.11 Å². The number of aliphatic hydroxyl groups is 1. The minimum atomic E-state index is 0.0670. The van der Waals surface area contributed by atoms with E-state index in [2.05, 4.69) is 19.2 Å². The van der Waals surface area contributed by atoms with Crippen LogP contribution in [0.1, 0.15) is 19.4 Å². The number of nitrogens with zero attached hydrogens (tertiary/aromatic N) is 1. The van der Waals surface area contributed by atoms with Crippen LogP contribution in [0.3, 0.4) is 0 Å². The van der Waals surface area contributed by atoms with Gasteiger partial charge in [0.1, 0.15) is 11.8 Å². The first-order valence-corrected chi connectivity index (χ1v) is 6.10. The third-order valence-corrected chi connectivity index (χ3v) is 2.80. The average molecular weight is 248 g/mol. The molecule has 0 radical (unpaired) electrons. The summed E-state index contributed by atoms with van der Waals surface area (Å²) >= 11 is 0. The molecule has 4 heteroatoms. The zero-order chi connectivity index (χ0) is 13.4. The highest BCUT2D eigenvalue weighted by Crippen LogP contribution is 2.12. The summed E-state index contributed by atoms with van der Waals surface area (Å²) in [5.41, 5.74) is 1.12. The molecule has 18 heavy (non-hydrogen) atoms. The van der Waals surface area contributed by atoms with Crippen molar-refractivity contribution in [3.63, 3.8) is 0 Å². The molecule has 0 aliphatic carbocycles. The molecule has 0 bridgehead atoms. The second-order valence-electron chi connectivity index (χ2n) is 4.50. The highest BCUT2D eigenvalue weighted by atomic mass is 16.5. The van der Waals surface area contributed by atoms with Crippen molar-refractivity contribution in [3.05, 3.63) is 29.8 Å². The van der Waals surface area contributed by atoms with E-state index < -0.39 is 0 Å². The molecule has 2 N–H and O–H groups in total. The Hall–Kier alpha value is -1.57. The van der Waals surface area contributed by atoms with Crippen LogP contribution in [0.5, 0.6) is 5.75 Å². The Kier molecular flexibility index (Phi) is 6.20. The van der Waals surface area contributed by atoms with Gasteiger partial charge in [0, 0.05) is 12.6 Å². The molecule has 0 aromatic heterocycles. The number of rotatable bonds is 7. The molecule has 0 saturated carbocycles. The number of hydrogen-bond acceptors (Lipinski definition) is 4. The monoisotopic (exact) mass is 248 g/mol. The fraction of sp³-hybridized carbons (Fsp3) is 0.500. The van der Waals surface area contributed by atoms with Crippen LogP contribution in [0.15, 0.2) is 24.3 Å². The van der Waals surface area contributed by atoms with E-state index in [4.69, 9.17) is 10.00 Å². The number of nitrogens with one attached hydrogen (secondary N) is 1. The lowest BCUT2D eigenvalue weighted by Gasteiger charge is -2.20. The summed E-state index contributed by atoms with van der Waals surface area (Å²) in [6.45, 7) is 5.07. The first-order chi connectivity index (χ1) is 8.67. The zero-order valence-electron chi connectivity index (χ0n) is 10.9. The average Bonchev–Trinajstić information content (AvgIpc) is 2.38. The van der Waals surface area contributed by atoms with Gasteiger partial charge < -0.3 is 15.2 Å². The van der Waals surface area contributed by atoms with Crippen molar-refractivity contribution in [1.29, 1.82) is 5.26 Å². The molecule has 1 rings (SSSR count). The van der Waals surface area contributed by atoms with Crippen molar-refractivity contribution in [3.8, 4) is 11.8 Å². The fourth-order valence-corrected chi connectivity index (χ4v) is 1.58. The van der Waals surface area contributed by atoms with Crippen LogP contribution in [0, 0.1) is 17.2 Å². The molecule has 0 saturated heterocycles. The van der Waals surface area contributed by atoms with Gasteiger partial charge in [-0.15, -0.1) is 0 Å². The predicted octanol–water partition coefficient (Wildman–Crippen LogP) is 1.70. The molecular weight excluding hydrogens is 228 g/mol. The van der Waals surface area contributed by atoms with E-state index in [0.717, 1.165) is 5.56 Å². The molecule has 4 nitrogen and oxygen atoms in total. The molecule has 0 aliphatic rings. The molecule has 0 fully saturated rings. The van der Waals surface area contributed by atoms with E-state index in [1.165, 1.54) is 0 Å². The summed E-state index contributed by atoms with van der Waals surface area (Å²) < 4.78 is 5.17. The highest BCUT2D eigenvalue weighted by molar-refractivity contribution is 5.27. The quantitative estimate of drug-likeness (QED) is 0.770. The molecule has 1 aromatic carbocycles. The van der Waals surface area contributed by atoms with Gasteiger partial charge in [0.05, 0.1) is 6.61 Å². The largest absolute Gasteiger partial charge is 0.479 e. The molecule has 0 spiro atoms. The normalized spacial score (nSPS) is 12.2. The van der Waals surface area contributed by atoms with Crippen molar-refractivity contribution in [2.45, 2.75) is 26.4 Å². The van der Waals surface area contributed by atoms with Crippen molar-refractivity contribution in [2.24, 2.45) is 5.92 Å². The van der Waals surface area contributed by atoms with E-state index in [1.54, 1.807) is 0 Å². The van der Waals surface area contributed by atoms with E-state index >= 15 is 0 Å². The smallest absolute Gasteiger partial charge is 0.174 e. The van der Waals surface area contributed by atoms with Crippen LogP contribution in [-0.4, -0.2) is 24.4 Å². The maximum absolute atomic E-state index is 9.20. The Labute approximate surface area is 108 Å². The minimum Gasteiger partial charge on any atom is -0.479 e. The molecule has 0 amide bonds. The Morgan fingerprint density at radius 2 is 2.00 bits per heavy atom. The molecular formula is C14H20N2O2. The Balaban J connectivity index is 2.46. The van der Waals surface area contributed by atoms with Gasteiger partial charge in [0.2, 0.25) is 0 Å². The van der Waals surface area contributed by atoms with Gasteiger partial charge in [-0.1, -0.05) is 26.0 Å². The number of ether oxygens (including phenoxy) is 1. The number of benzene rings is 1. The molecule has 1 aromatic rings. The zero-order valence-corrected chi connectivity index (χ0v) is 10.9. The summed E-state index contributed by atoms with van der Waals surface area (Å²) in [6.07, 6.45) is 0. The number of hydrogen-bond donors (Lipinski definition) is 2. The molecule has 1 atom stereocenters. The van der Waals surface area contributed by atoms with E-state index in [1.807, 2.05) is 30.3 Å². The lowest BCUT2D eigenvalue weighted by atomic mass is 10.1. The van der Waals surface area contributed by atoms with Crippen LogP contribution in [0.25, 0.3) is 0 Å². The van der Waals surface area contributed by atoms with Crippen molar-refractivity contribution in [1.82, 2.24) is 5.32 Å². The second kappa shape index (κ2) is 7.70. The van der Waals surface area contributed by atoms with Gasteiger partial charge in [0.25, 0.3) is 0 Å². The standard InChI is InChI=1S/C14H20N2O2/c1-11(2)14(10-17)16-9-12-3-5-13(6-4-12)18-8-7-15/h3-6,11,14,16-17H,8-10H2,1-2H3. The van der Waals surface area contributed by atoms with Gasteiger partial charge in [-0.2, -0.15) is 5.26 Å². The first-order valence-electron chi connectivity index (χ1n) is 6.10. The van der Waals surface area contributed by atoms with Crippen molar-refractivity contribution >= 4 is 0 Å². The third-order valence-electron chi connectivity index (χ3n) is 2.80. The summed E-state index contributed by atoms with van der Waals surface area (Å²) in [5.74, 6) is 1.09. The Bertz CT molecular complexity index is 382. The highest BCUT2D eigenvalue weighted by Gasteiger charge is 2.10. The maximum Gasteiger partial charge on any atom is 0.174 e. The van der Waals surface area contributed by atoms with Crippen molar-refractivity contribution < 1.29 is 9.84 Å². The van der Waals surface area contributed by atoms with Gasteiger partial charge in [-0.25, -0.2) is 0 Å². The lowest BCUT2D eigenvalue weighted by Crippen LogP contribution is -2.36. The van der Waals surface area contributed by atoms with Crippen LogP contribution >= 0.6 is 0 Å². The van der Waals surface area contributed by atoms with Gasteiger partial charge >= 0.3 is 0 Å². The van der Waals surface area contributed by atoms with Gasteiger partial charge in [-0.3, -0.25) is 0 Å². The Morgan fingerprint density at radius 3 is 2.50 bits per heavy atom. The first kappa shape index (κ1) is 14.5. The molecule has 0 aliphatic heterocycles. The lowest BCUT2D eigenvalue weighted by molar-refractivity contribution is 0.210. The summed E-state index contributed by atoms with van der Waals surface area (Å²) in [4.78, 5) is 0. The molecule has 1 unspecified atom stereocenters. The number of nitriles is 1. The van der Waals surface area contributed by atoms with Crippen LogP contribution in [-0.2, 0) is 6.54 Å². The molecule has 98 valence electrons. The van der Waals surface area contributed by atoms with Crippen LogP contribution < -0.4 is 10.1 Å². The minimum absolute atomic E-state index is 0.0670. The summed E-state index contributed by atoms with van der Waals surface area (Å²) in [6, 6.07) is 9.63. The van der Waals surface area contributed by atoms with E-state index in [-0.39, 0.29) is 19.3 Å².